The van der Waals surface area contributed by atoms with E-state index >= 15 is 0 Å². The molecule has 0 radical (unpaired) electrons. The van der Waals surface area contributed by atoms with Gasteiger partial charge in [0.2, 0.25) is 10.0 Å². The Balaban J connectivity index is 1.54. The molecule has 10 heteroatoms. The van der Waals surface area contributed by atoms with Crippen molar-refractivity contribution < 1.29 is 22.5 Å². The first-order valence-electron chi connectivity index (χ1n) is 9.12. The van der Waals surface area contributed by atoms with Crippen LogP contribution in [0, 0.1) is 25.2 Å². The molecular weight excluding hydrogens is 396 g/mol. The van der Waals surface area contributed by atoms with Crippen LogP contribution in [0.25, 0.3) is 0 Å². The number of hydrogen-bond acceptors (Lipinski definition) is 7. The van der Waals surface area contributed by atoms with Crippen molar-refractivity contribution in [3.05, 3.63) is 41.3 Å². The van der Waals surface area contributed by atoms with E-state index in [2.05, 4.69) is 11.2 Å². The molecule has 1 fully saturated rings. The van der Waals surface area contributed by atoms with Gasteiger partial charge in [-0.05, 0) is 31.5 Å². The van der Waals surface area contributed by atoms with Crippen molar-refractivity contribution in [1.82, 2.24) is 14.4 Å². The molecule has 2 heterocycles. The fourth-order valence-corrected chi connectivity index (χ4v) is 4.89. The van der Waals surface area contributed by atoms with E-state index in [1.807, 2.05) is 0 Å². The van der Waals surface area contributed by atoms with Gasteiger partial charge in [0.05, 0.1) is 12.5 Å². The van der Waals surface area contributed by atoms with Crippen molar-refractivity contribution in [3.63, 3.8) is 0 Å². The number of ether oxygens (including phenoxy) is 1. The van der Waals surface area contributed by atoms with Gasteiger partial charge in [-0.25, -0.2) is 8.42 Å². The number of aryl methyl sites for hydroxylation is 2. The molecule has 0 bridgehead atoms. The summed E-state index contributed by atoms with van der Waals surface area (Å²) in [6.07, 6.45) is 0.320. The van der Waals surface area contributed by atoms with Gasteiger partial charge in [-0.15, -0.1) is 0 Å². The van der Waals surface area contributed by atoms with Crippen LogP contribution in [0.5, 0.6) is 5.75 Å². The van der Waals surface area contributed by atoms with Crippen LogP contribution < -0.4 is 4.74 Å². The Kier molecular flexibility index (Phi) is 6.20. The maximum absolute atomic E-state index is 12.8. The minimum absolute atomic E-state index is 0.0976. The van der Waals surface area contributed by atoms with Crippen LogP contribution >= 0.6 is 0 Å². The molecule has 2 aromatic rings. The molecule has 1 amide bonds. The van der Waals surface area contributed by atoms with E-state index in [0.717, 1.165) is 5.56 Å². The lowest BCUT2D eigenvalue weighted by Crippen LogP contribution is -2.51. The summed E-state index contributed by atoms with van der Waals surface area (Å²) in [4.78, 5) is 14.1. The van der Waals surface area contributed by atoms with Gasteiger partial charge in [-0.2, -0.15) is 9.57 Å². The van der Waals surface area contributed by atoms with Gasteiger partial charge in [-0.3, -0.25) is 4.79 Å². The monoisotopic (exact) mass is 418 g/mol. The number of aromatic nitrogens is 1. The number of nitrogens with zero attached hydrogens (tertiary/aromatic N) is 4. The average Bonchev–Trinajstić information content (AvgIpc) is 3.06. The van der Waals surface area contributed by atoms with Gasteiger partial charge in [0.15, 0.2) is 12.4 Å². The lowest BCUT2D eigenvalue weighted by molar-refractivity contribution is -0.134. The van der Waals surface area contributed by atoms with Crippen molar-refractivity contribution >= 4 is 15.9 Å². The quantitative estimate of drug-likeness (QED) is 0.693. The summed E-state index contributed by atoms with van der Waals surface area (Å²) in [5.41, 5.74) is 1.21. The van der Waals surface area contributed by atoms with Crippen LogP contribution in [0.2, 0.25) is 0 Å². The zero-order chi connectivity index (χ0) is 21.0. The Morgan fingerprint density at radius 2 is 1.86 bits per heavy atom. The van der Waals surface area contributed by atoms with Gasteiger partial charge in [0.25, 0.3) is 5.91 Å². The first-order valence-corrected chi connectivity index (χ1v) is 10.6. The highest BCUT2D eigenvalue weighted by atomic mass is 32.2. The van der Waals surface area contributed by atoms with E-state index in [0.29, 0.717) is 17.9 Å². The molecule has 1 aliphatic heterocycles. The standard InChI is InChI=1S/C19H22N4O5S/c1-14-19(15(2)28-21-14)29(25,26)23-11-9-22(10-12-23)18(24)13-27-17-5-3-16(4-6-17)7-8-20/h3-6H,7,9-13H2,1-2H3. The molecule has 0 saturated carbocycles. The molecular formula is C19H22N4O5S. The van der Waals surface area contributed by atoms with Crippen molar-refractivity contribution in [2.45, 2.75) is 25.2 Å². The fourth-order valence-electron chi connectivity index (χ4n) is 3.18. The Morgan fingerprint density at radius 1 is 1.21 bits per heavy atom. The SMILES string of the molecule is Cc1noc(C)c1S(=O)(=O)N1CCN(C(=O)COc2ccc(CC#N)cc2)CC1. The molecule has 0 N–H and O–H groups in total. The zero-order valence-electron chi connectivity index (χ0n) is 16.3. The minimum atomic E-state index is -3.71. The highest BCUT2D eigenvalue weighted by Gasteiger charge is 2.34. The molecule has 1 aromatic heterocycles. The summed E-state index contributed by atoms with van der Waals surface area (Å²) >= 11 is 0. The fraction of sp³-hybridized carbons (Fsp3) is 0.421. The molecule has 0 unspecified atom stereocenters. The van der Waals surface area contributed by atoms with Crippen LogP contribution in [0.3, 0.4) is 0 Å². The van der Waals surface area contributed by atoms with E-state index in [1.165, 1.54) is 4.31 Å². The van der Waals surface area contributed by atoms with E-state index < -0.39 is 10.0 Å². The van der Waals surface area contributed by atoms with E-state index in [9.17, 15) is 13.2 Å². The molecule has 1 aromatic carbocycles. The first-order chi connectivity index (χ1) is 13.8. The molecule has 0 aliphatic carbocycles. The van der Waals surface area contributed by atoms with Gasteiger partial charge in [0, 0.05) is 26.2 Å². The second-order valence-corrected chi connectivity index (χ2v) is 8.58. The number of benzene rings is 1. The normalized spacial score (nSPS) is 15.1. The molecule has 3 rings (SSSR count). The molecule has 9 nitrogen and oxygen atoms in total. The number of nitriles is 1. The maximum Gasteiger partial charge on any atom is 0.260 e. The number of rotatable bonds is 6. The smallest absolute Gasteiger partial charge is 0.260 e. The summed E-state index contributed by atoms with van der Waals surface area (Å²) < 4.78 is 37.5. The molecule has 0 spiro atoms. The molecule has 29 heavy (non-hydrogen) atoms. The molecule has 1 saturated heterocycles. The number of hydrogen-bond donors (Lipinski definition) is 0. The Morgan fingerprint density at radius 3 is 2.41 bits per heavy atom. The van der Waals surface area contributed by atoms with Crippen LogP contribution in [0.15, 0.2) is 33.7 Å². The maximum atomic E-state index is 12.8. The predicted molar refractivity (Wildman–Crippen MR) is 103 cm³/mol. The van der Waals surface area contributed by atoms with Crippen LogP contribution in [-0.2, 0) is 21.2 Å². The van der Waals surface area contributed by atoms with Crippen molar-refractivity contribution in [1.29, 1.82) is 5.26 Å². The Hall–Kier alpha value is -2.90. The van der Waals surface area contributed by atoms with Gasteiger partial charge in [-0.1, -0.05) is 17.3 Å². The number of sulfonamides is 1. The molecule has 1 aliphatic rings. The third-order valence-electron chi connectivity index (χ3n) is 4.73. The van der Waals surface area contributed by atoms with Crippen LogP contribution in [0.1, 0.15) is 17.0 Å². The number of piperazine rings is 1. The first kappa shape index (κ1) is 20.8. The zero-order valence-corrected chi connectivity index (χ0v) is 17.1. The van der Waals surface area contributed by atoms with Crippen LogP contribution in [-0.4, -0.2) is 61.5 Å². The summed E-state index contributed by atoms with van der Waals surface area (Å²) in [6.45, 7) is 3.98. The number of carbonyl (C=O) groups excluding carboxylic acids is 1. The van der Waals surface area contributed by atoms with Gasteiger partial charge < -0.3 is 14.2 Å². The highest BCUT2D eigenvalue weighted by Crippen LogP contribution is 2.24. The van der Waals surface area contributed by atoms with Gasteiger partial charge in [0.1, 0.15) is 16.3 Å². The number of amides is 1. The molecule has 0 atom stereocenters. The molecule has 154 valence electrons. The second kappa shape index (κ2) is 8.63. The summed E-state index contributed by atoms with van der Waals surface area (Å²) in [5, 5.41) is 12.4. The third-order valence-corrected chi connectivity index (χ3v) is 6.87. The number of carbonyl (C=O) groups is 1. The average molecular weight is 418 g/mol. The summed E-state index contributed by atoms with van der Waals surface area (Å²) in [5.74, 6) is 0.593. The predicted octanol–water partition coefficient (Wildman–Crippen LogP) is 1.27. The third kappa shape index (κ3) is 4.58. The Labute approximate surface area is 169 Å². The topological polar surface area (TPSA) is 117 Å². The van der Waals surface area contributed by atoms with E-state index in [1.54, 1.807) is 43.0 Å². The highest BCUT2D eigenvalue weighted by molar-refractivity contribution is 7.89. The summed E-state index contributed by atoms with van der Waals surface area (Å²) in [7, 11) is -3.71. The minimum Gasteiger partial charge on any atom is -0.484 e. The lowest BCUT2D eigenvalue weighted by Gasteiger charge is -2.33. The van der Waals surface area contributed by atoms with E-state index in [-0.39, 0.29) is 49.3 Å². The lowest BCUT2D eigenvalue weighted by atomic mass is 10.2. The van der Waals surface area contributed by atoms with Crippen molar-refractivity contribution in [3.8, 4) is 11.8 Å². The van der Waals surface area contributed by atoms with Crippen LogP contribution in [0.4, 0.5) is 0 Å². The van der Waals surface area contributed by atoms with Gasteiger partial charge >= 0.3 is 0 Å². The summed E-state index contributed by atoms with van der Waals surface area (Å²) in [6, 6.07) is 9.06. The van der Waals surface area contributed by atoms with Crippen molar-refractivity contribution in [2.75, 3.05) is 32.8 Å². The van der Waals surface area contributed by atoms with E-state index in [4.69, 9.17) is 14.5 Å². The largest absolute Gasteiger partial charge is 0.484 e. The second-order valence-electron chi connectivity index (χ2n) is 6.71. The van der Waals surface area contributed by atoms with Crippen molar-refractivity contribution in [2.24, 2.45) is 0 Å². The Bertz CT molecular complexity index is 996.